The number of pyridine rings is 1. The quantitative estimate of drug-likeness (QED) is 0.783. The molecule has 0 bridgehead atoms. The molecule has 2 aromatic heterocycles. The highest BCUT2D eigenvalue weighted by Gasteiger charge is 2.10. The van der Waals surface area contributed by atoms with E-state index in [4.69, 9.17) is 0 Å². The number of carbonyl (C=O) groups is 1. The molecule has 0 aliphatic heterocycles. The van der Waals surface area contributed by atoms with Crippen molar-refractivity contribution in [2.24, 2.45) is 0 Å². The normalized spacial score (nSPS) is 10.5. The van der Waals surface area contributed by atoms with Crippen LogP contribution in [0, 0.1) is 6.92 Å². The van der Waals surface area contributed by atoms with Crippen LogP contribution in [-0.2, 0) is 17.8 Å². The average molecular weight is 323 g/mol. The van der Waals surface area contributed by atoms with E-state index in [2.05, 4.69) is 22.2 Å². The van der Waals surface area contributed by atoms with E-state index < -0.39 is 0 Å². The maximum absolute atomic E-state index is 12.0. The number of hydrogen-bond acceptors (Lipinski definition) is 4. The number of aryl methyl sites for hydroxylation is 1. The average Bonchev–Trinajstić information content (AvgIpc) is 2.96. The zero-order valence-electron chi connectivity index (χ0n) is 12.8. The number of carbonyl (C=O) groups excluding carboxylic acids is 1. The number of rotatable bonds is 5. The Bertz CT molecular complexity index is 785. The molecule has 0 saturated heterocycles. The van der Waals surface area contributed by atoms with Gasteiger partial charge in [0.25, 0.3) is 0 Å². The largest absolute Gasteiger partial charge is 0.349 e. The van der Waals surface area contributed by atoms with Gasteiger partial charge in [-0.2, -0.15) is 0 Å². The summed E-state index contributed by atoms with van der Waals surface area (Å²) in [5.74, 6) is -0.0212. The standard InChI is InChI=1S/C18H17N3OS/c1-13-18(15-7-3-2-4-8-15)21-17(23-13)12-20-16(22)10-14-6-5-9-19-11-14/h2-9,11H,10,12H2,1H3,(H,20,22). The number of aromatic nitrogens is 2. The summed E-state index contributed by atoms with van der Waals surface area (Å²) in [5.41, 5.74) is 3.01. The van der Waals surface area contributed by atoms with Crippen molar-refractivity contribution in [2.45, 2.75) is 19.9 Å². The van der Waals surface area contributed by atoms with Crippen molar-refractivity contribution in [3.63, 3.8) is 0 Å². The van der Waals surface area contributed by atoms with Crippen molar-refractivity contribution >= 4 is 17.2 Å². The van der Waals surface area contributed by atoms with Crippen molar-refractivity contribution in [3.8, 4) is 11.3 Å². The van der Waals surface area contributed by atoms with Gasteiger partial charge >= 0.3 is 0 Å². The van der Waals surface area contributed by atoms with Crippen LogP contribution in [-0.4, -0.2) is 15.9 Å². The molecule has 4 nitrogen and oxygen atoms in total. The topological polar surface area (TPSA) is 54.9 Å². The van der Waals surface area contributed by atoms with Crippen LogP contribution in [0.3, 0.4) is 0 Å². The first kappa shape index (κ1) is 15.4. The van der Waals surface area contributed by atoms with E-state index in [1.807, 2.05) is 42.5 Å². The van der Waals surface area contributed by atoms with Gasteiger partial charge in [0.15, 0.2) is 0 Å². The minimum atomic E-state index is -0.0212. The first-order valence-electron chi connectivity index (χ1n) is 7.39. The predicted octanol–water partition coefficient (Wildman–Crippen LogP) is 3.37. The van der Waals surface area contributed by atoms with E-state index in [1.54, 1.807) is 23.7 Å². The summed E-state index contributed by atoms with van der Waals surface area (Å²) >= 11 is 1.62. The fraction of sp³-hybridized carbons (Fsp3) is 0.167. The van der Waals surface area contributed by atoms with Crippen LogP contribution >= 0.6 is 11.3 Å². The molecular formula is C18H17N3OS. The highest BCUT2D eigenvalue weighted by Crippen LogP contribution is 2.27. The Morgan fingerprint density at radius 1 is 1.17 bits per heavy atom. The number of benzene rings is 1. The van der Waals surface area contributed by atoms with Crippen LogP contribution in [0.4, 0.5) is 0 Å². The van der Waals surface area contributed by atoms with Crippen LogP contribution in [0.5, 0.6) is 0 Å². The van der Waals surface area contributed by atoms with Gasteiger partial charge in [0.1, 0.15) is 5.01 Å². The molecule has 0 spiro atoms. The zero-order valence-corrected chi connectivity index (χ0v) is 13.6. The molecule has 1 aromatic carbocycles. The van der Waals surface area contributed by atoms with E-state index in [9.17, 15) is 4.79 Å². The molecule has 0 saturated carbocycles. The van der Waals surface area contributed by atoms with Gasteiger partial charge < -0.3 is 5.32 Å². The molecule has 1 amide bonds. The van der Waals surface area contributed by atoms with Crippen LogP contribution in [0.1, 0.15) is 15.4 Å². The van der Waals surface area contributed by atoms with E-state index in [0.29, 0.717) is 13.0 Å². The van der Waals surface area contributed by atoms with Gasteiger partial charge in [0.05, 0.1) is 18.7 Å². The molecule has 2 heterocycles. The Morgan fingerprint density at radius 3 is 2.74 bits per heavy atom. The molecule has 0 atom stereocenters. The molecule has 0 aliphatic carbocycles. The van der Waals surface area contributed by atoms with Gasteiger partial charge in [0.2, 0.25) is 5.91 Å². The number of thiazole rings is 1. The summed E-state index contributed by atoms with van der Waals surface area (Å²) < 4.78 is 0. The van der Waals surface area contributed by atoms with Crippen LogP contribution < -0.4 is 5.32 Å². The van der Waals surface area contributed by atoms with Crippen molar-refractivity contribution in [3.05, 3.63) is 70.3 Å². The highest BCUT2D eigenvalue weighted by molar-refractivity contribution is 7.12. The highest BCUT2D eigenvalue weighted by atomic mass is 32.1. The summed E-state index contributed by atoms with van der Waals surface area (Å²) in [5, 5.41) is 3.84. The third-order valence-corrected chi connectivity index (χ3v) is 4.38. The molecule has 116 valence electrons. The van der Waals surface area contributed by atoms with Gasteiger partial charge in [-0.15, -0.1) is 11.3 Å². The summed E-state index contributed by atoms with van der Waals surface area (Å²) in [6.07, 6.45) is 3.75. The Kier molecular flexibility index (Phi) is 4.78. The maximum Gasteiger partial charge on any atom is 0.224 e. The van der Waals surface area contributed by atoms with Crippen molar-refractivity contribution < 1.29 is 4.79 Å². The van der Waals surface area contributed by atoms with Crippen LogP contribution in [0.25, 0.3) is 11.3 Å². The van der Waals surface area contributed by atoms with Crippen molar-refractivity contribution in [1.29, 1.82) is 0 Å². The number of nitrogens with one attached hydrogen (secondary N) is 1. The molecule has 3 aromatic rings. The molecule has 3 rings (SSSR count). The van der Waals surface area contributed by atoms with Gasteiger partial charge in [-0.3, -0.25) is 9.78 Å². The molecule has 0 fully saturated rings. The van der Waals surface area contributed by atoms with Gasteiger partial charge in [0, 0.05) is 22.8 Å². The summed E-state index contributed by atoms with van der Waals surface area (Å²) in [7, 11) is 0. The SMILES string of the molecule is Cc1sc(CNC(=O)Cc2cccnc2)nc1-c1ccccc1. The van der Waals surface area contributed by atoms with Gasteiger partial charge in [-0.1, -0.05) is 36.4 Å². The molecular weight excluding hydrogens is 306 g/mol. The van der Waals surface area contributed by atoms with E-state index in [0.717, 1.165) is 26.7 Å². The molecule has 1 N–H and O–H groups in total. The van der Waals surface area contributed by atoms with Gasteiger partial charge in [-0.25, -0.2) is 4.98 Å². The molecule has 0 unspecified atom stereocenters. The van der Waals surface area contributed by atoms with E-state index in [1.165, 1.54) is 0 Å². The summed E-state index contributed by atoms with van der Waals surface area (Å²) in [6, 6.07) is 13.8. The summed E-state index contributed by atoms with van der Waals surface area (Å²) in [6.45, 7) is 2.51. The smallest absolute Gasteiger partial charge is 0.224 e. The molecule has 0 radical (unpaired) electrons. The third kappa shape index (κ3) is 4.02. The number of hydrogen-bond donors (Lipinski definition) is 1. The Balaban J connectivity index is 1.62. The Hall–Kier alpha value is -2.53. The zero-order chi connectivity index (χ0) is 16.1. The van der Waals surface area contributed by atoms with Gasteiger partial charge in [-0.05, 0) is 18.6 Å². The second-order valence-corrected chi connectivity index (χ2v) is 6.48. The predicted molar refractivity (Wildman–Crippen MR) is 92.1 cm³/mol. The lowest BCUT2D eigenvalue weighted by atomic mass is 10.1. The fourth-order valence-electron chi connectivity index (χ4n) is 2.32. The lowest BCUT2D eigenvalue weighted by molar-refractivity contribution is -0.120. The molecule has 23 heavy (non-hydrogen) atoms. The number of amides is 1. The first-order valence-corrected chi connectivity index (χ1v) is 8.21. The van der Waals surface area contributed by atoms with Crippen LogP contribution in [0.15, 0.2) is 54.9 Å². The minimum absolute atomic E-state index is 0.0212. The maximum atomic E-state index is 12.0. The molecule has 0 aliphatic rings. The monoisotopic (exact) mass is 323 g/mol. The Morgan fingerprint density at radius 2 is 2.00 bits per heavy atom. The van der Waals surface area contributed by atoms with E-state index >= 15 is 0 Å². The van der Waals surface area contributed by atoms with E-state index in [-0.39, 0.29) is 5.91 Å². The third-order valence-electron chi connectivity index (χ3n) is 3.41. The van der Waals surface area contributed by atoms with Crippen molar-refractivity contribution in [2.75, 3.05) is 0 Å². The second-order valence-electron chi connectivity index (χ2n) is 5.19. The minimum Gasteiger partial charge on any atom is -0.349 e. The second kappa shape index (κ2) is 7.15. The summed E-state index contributed by atoms with van der Waals surface area (Å²) in [4.78, 5) is 21.8. The molecule has 5 heteroatoms. The lowest BCUT2D eigenvalue weighted by Crippen LogP contribution is -2.24. The fourth-order valence-corrected chi connectivity index (χ4v) is 3.21. The van der Waals surface area contributed by atoms with Crippen LogP contribution in [0.2, 0.25) is 0 Å². The Labute approximate surface area is 139 Å². The lowest BCUT2D eigenvalue weighted by Gasteiger charge is -2.02. The first-order chi connectivity index (χ1) is 11.2. The number of nitrogens with zero attached hydrogens (tertiary/aromatic N) is 2. The van der Waals surface area contributed by atoms with Crippen molar-refractivity contribution in [1.82, 2.24) is 15.3 Å².